The molecule has 2 saturated heterocycles. The Morgan fingerprint density at radius 1 is 1.22 bits per heavy atom. The maximum atomic E-state index is 13.0. The van der Waals surface area contributed by atoms with Gasteiger partial charge >= 0.3 is 0 Å². The summed E-state index contributed by atoms with van der Waals surface area (Å²) in [5.41, 5.74) is 3.48. The fraction of sp³-hybridized carbons (Fsp3) is 0.450. The molecule has 0 spiro atoms. The van der Waals surface area contributed by atoms with E-state index in [1.54, 1.807) is 11.0 Å². The first-order valence-corrected chi connectivity index (χ1v) is 9.61. The van der Waals surface area contributed by atoms with E-state index >= 15 is 0 Å². The van der Waals surface area contributed by atoms with Crippen molar-refractivity contribution < 1.29 is 9.59 Å². The fourth-order valence-corrected chi connectivity index (χ4v) is 3.84. The number of carbonyl (C=O) groups is 2. The zero-order valence-electron chi connectivity index (χ0n) is 15.6. The largest absolute Gasteiger partial charge is 0.353 e. The summed E-state index contributed by atoms with van der Waals surface area (Å²) in [7, 11) is 0. The van der Waals surface area contributed by atoms with E-state index in [1.807, 2.05) is 12.1 Å². The summed E-state index contributed by atoms with van der Waals surface area (Å²) in [6.45, 7) is 5.57. The molecule has 3 heterocycles. The lowest BCUT2D eigenvalue weighted by atomic mass is 10.1. The Morgan fingerprint density at radius 3 is 2.81 bits per heavy atom. The molecule has 2 N–H and O–H groups in total. The third-order valence-electron chi connectivity index (χ3n) is 5.46. The van der Waals surface area contributed by atoms with Gasteiger partial charge in [-0.2, -0.15) is 5.10 Å². The molecule has 1 aromatic heterocycles. The van der Waals surface area contributed by atoms with Gasteiger partial charge < -0.3 is 10.2 Å². The van der Waals surface area contributed by atoms with Crippen LogP contribution in [0.15, 0.2) is 30.3 Å². The lowest BCUT2D eigenvalue weighted by molar-refractivity contribution is -0.128. The fourth-order valence-electron chi connectivity index (χ4n) is 3.84. The van der Waals surface area contributed by atoms with Crippen molar-refractivity contribution in [2.24, 2.45) is 0 Å². The van der Waals surface area contributed by atoms with Crippen molar-refractivity contribution in [2.75, 3.05) is 32.7 Å². The van der Waals surface area contributed by atoms with Crippen molar-refractivity contribution in [3.05, 3.63) is 41.6 Å². The van der Waals surface area contributed by atoms with E-state index in [2.05, 4.69) is 39.5 Å². The van der Waals surface area contributed by atoms with E-state index < -0.39 is 0 Å². The molecule has 4 rings (SSSR count). The zero-order valence-corrected chi connectivity index (χ0v) is 15.6. The van der Waals surface area contributed by atoms with Gasteiger partial charge in [0.15, 0.2) is 0 Å². The Balaban J connectivity index is 1.50. The van der Waals surface area contributed by atoms with E-state index in [-0.39, 0.29) is 17.9 Å². The number of nitrogens with zero attached hydrogens (tertiary/aromatic N) is 3. The van der Waals surface area contributed by atoms with Gasteiger partial charge in [-0.25, -0.2) is 0 Å². The zero-order chi connectivity index (χ0) is 18.8. The summed E-state index contributed by atoms with van der Waals surface area (Å²) < 4.78 is 0. The molecule has 0 saturated carbocycles. The molecule has 7 heteroatoms. The standard InChI is InChI=1S/C20H25N5O2/c1-2-14-4-6-15(7-5-14)16-12-17(23-22-16)20(27)25-10-3-9-24-11-8-21-19(26)18(24)13-25/h4-7,12,18H,2-3,8-11,13H2,1H3,(H,21,26)(H,22,23). The first kappa shape index (κ1) is 17.7. The van der Waals surface area contributed by atoms with E-state index in [0.29, 0.717) is 25.3 Å². The first-order chi connectivity index (χ1) is 13.2. The van der Waals surface area contributed by atoms with E-state index in [0.717, 1.165) is 37.2 Å². The Bertz CT molecular complexity index is 829. The van der Waals surface area contributed by atoms with Gasteiger partial charge in [-0.3, -0.25) is 19.6 Å². The van der Waals surface area contributed by atoms with E-state index in [4.69, 9.17) is 0 Å². The molecule has 27 heavy (non-hydrogen) atoms. The summed E-state index contributed by atoms with van der Waals surface area (Å²) in [5.74, 6) is -0.0820. The molecule has 2 aliphatic rings. The minimum Gasteiger partial charge on any atom is -0.353 e. The summed E-state index contributed by atoms with van der Waals surface area (Å²) in [6, 6.07) is 9.76. The number of aromatic amines is 1. The van der Waals surface area contributed by atoms with Crippen LogP contribution in [0.5, 0.6) is 0 Å². The molecular weight excluding hydrogens is 342 g/mol. The number of benzene rings is 1. The first-order valence-electron chi connectivity index (χ1n) is 9.61. The molecule has 2 amide bonds. The van der Waals surface area contributed by atoms with Gasteiger partial charge in [-0.15, -0.1) is 0 Å². The van der Waals surface area contributed by atoms with Crippen molar-refractivity contribution in [1.82, 2.24) is 25.3 Å². The maximum Gasteiger partial charge on any atom is 0.271 e. The summed E-state index contributed by atoms with van der Waals surface area (Å²) >= 11 is 0. The van der Waals surface area contributed by atoms with Gasteiger partial charge in [0.2, 0.25) is 5.91 Å². The number of nitrogens with one attached hydrogen (secondary N) is 2. The summed E-state index contributed by atoms with van der Waals surface area (Å²) in [4.78, 5) is 29.2. The molecule has 0 bridgehead atoms. The van der Waals surface area contributed by atoms with E-state index in [1.165, 1.54) is 5.56 Å². The molecule has 1 atom stereocenters. The van der Waals surface area contributed by atoms with Gasteiger partial charge in [-0.05, 0) is 24.5 Å². The maximum absolute atomic E-state index is 13.0. The van der Waals surface area contributed by atoms with Gasteiger partial charge in [-0.1, -0.05) is 31.2 Å². The normalized spacial score (nSPS) is 20.7. The highest BCUT2D eigenvalue weighted by Crippen LogP contribution is 2.20. The van der Waals surface area contributed by atoms with Crippen LogP contribution >= 0.6 is 0 Å². The second kappa shape index (κ2) is 7.52. The molecule has 2 aromatic rings. The lowest BCUT2D eigenvalue weighted by Crippen LogP contribution is -2.58. The molecule has 7 nitrogen and oxygen atoms in total. The number of H-pyrrole nitrogens is 1. The van der Waals surface area contributed by atoms with Gasteiger partial charge in [0.05, 0.1) is 5.69 Å². The summed E-state index contributed by atoms with van der Waals surface area (Å²) in [6.07, 6.45) is 1.86. The molecule has 0 radical (unpaired) electrons. The number of piperazine rings is 1. The van der Waals surface area contributed by atoms with Gasteiger partial charge in [0.25, 0.3) is 5.91 Å². The Morgan fingerprint density at radius 2 is 2.04 bits per heavy atom. The number of aromatic nitrogens is 2. The Hall–Kier alpha value is -2.67. The number of aryl methyl sites for hydroxylation is 1. The number of fused-ring (bicyclic) bond motifs is 1. The second-order valence-electron chi connectivity index (χ2n) is 7.16. The topological polar surface area (TPSA) is 81.3 Å². The predicted octanol–water partition coefficient (Wildman–Crippen LogP) is 1.29. The average Bonchev–Trinajstić information content (AvgIpc) is 3.08. The van der Waals surface area contributed by atoms with Crippen LogP contribution in [0.2, 0.25) is 0 Å². The summed E-state index contributed by atoms with van der Waals surface area (Å²) in [5, 5.41) is 10.1. The third kappa shape index (κ3) is 3.60. The predicted molar refractivity (Wildman–Crippen MR) is 102 cm³/mol. The highest BCUT2D eigenvalue weighted by atomic mass is 16.2. The average molecular weight is 367 g/mol. The van der Waals surface area contributed by atoms with Crippen LogP contribution in [0.3, 0.4) is 0 Å². The highest BCUT2D eigenvalue weighted by molar-refractivity contribution is 5.94. The van der Waals surface area contributed by atoms with E-state index in [9.17, 15) is 9.59 Å². The minimum absolute atomic E-state index is 0.0160. The van der Waals surface area contributed by atoms with Crippen molar-refractivity contribution in [3.63, 3.8) is 0 Å². The monoisotopic (exact) mass is 367 g/mol. The molecule has 1 unspecified atom stereocenters. The third-order valence-corrected chi connectivity index (χ3v) is 5.46. The number of carbonyl (C=O) groups excluding carboxylic acids is 2. The lowest BCUT2D eigenvalue weighted by Gasteiger charge is -2.34. The number of hydrogen-bond donors (Lipinski definition) is 2. The van der Waals surface area contributed by atoms with Crippen LogP contribution in [0.1, 0.15) is 29.4 Å². The SMILES string of the molecule is CCc1ccc(-c2cc(C(=O)N3CCCN4CCNC(=O)C4C3)[nH]n2)cc1. The molecule has 0 aliphatic carbocycles. The van der Waals surface area contributed by atoms with Crippen LogP contribution in [0.4, 0.5) is 0 Å². The van der Waals surface area contributed by atoms with Crippen LogP contribution in [-0.4, -0.2) is 70.6 Å². The molecule has 1 aromatic carbocycles. The van der Waals surface area contributed by atoms with Crippen LogP contribution in [-0.2, 0) is 11.2 Å². The smallest absolute Gasteiger partial charge is 0.271 e. The van der Waals surface area contributed by atoms with Crippen LogP contribution in [0, 0.1) is 0 Å². The number of hydrogen-bond acceptors (Lipinski definition) is 4. The van der Waals surface area contributed by atoms with Gasteiger partial charge in [0.1, 0.15) is 11.7 Å². The minimum atomic E-state index is -0.255. The van der Waals surface area contributed by atoms with Crippen molar-refractivity contribution in [1.29, 1.82) is 0 Å². The van der Waals surface area contributed by atoms with Crippen molar-refractivity contribution in [3.8, 4) is 11.3 Å². The van der Waals surface area contributed by atoms with Crippen molar-refractivity contribution >= 4 is 11.8 Å². The Kier molecular flexibility index (Phi) is 4.94. The van der Waals surface area contributed by atoms with Crippen LogP contribution < -0.4 is 5.32 Å². The molecule has 2 fully saturated rings. The molecular formula is C20H25N5O2. The highest BCUT2D eigenvalue weighted by Gasteiger charge is 2.35. The number of rotatable bonds is 3. The Labute approximate surface area is 158 Å². The molecule has 2 aliphatic heterocycles. The quantitative estimate of drug-likeness (QED) is 0.856. The van der Waals surface area contributed by atoms with Crippen LogP contribution in [0.25, 0.3) is 11.3 Å². The van der Waals surface area contributed by atoms with Gasteiger partial charge in [0, 0.05) is 38.3 Å². The van der Waals surface area contributed by atoms with Crippen molar-refractivity contribution in [2.45, 2.75) is 25.8 Å². The molecule has 142 valence electrons. The second-order valence-corrected chi connectivity index (χ2v) is 7.16. The number of amides is 2.